The quantitative estimate of drug-likeness (QED) is 0.402. The Morgan fingerprint density at radius 2 is 2.20 bits per heavy atom. The minimum absolute atomic E-state index is 0. The van der Waals surface area contributed by atoms with Gasteiger partial charge in [-0.25, -0.2) is 0 Å². The molecule has 1 fully saturated rings. The van der Waals surface area contributed by atoms with Crippen molar-refractivity contribution in [3.63, 3.8) is 0 Å². The van der Waals surface area contributed by atoms with Gasteiger partial charge in [-0.1, -0.05) is 0 Å². The van der Waals surface area contributed by atoms with Gasteiger partial charge in [-0.15, -0.1) is 24.0 Å². The molecule has 20 heavy (non-hydrogen) atoms. The van der Waals surface area contributed by atoms with E-state index < -0.39 is 5.60 Å². The van der Waals surface area contributed by atoms with Gasteiger partial charge >= 0.3 is 0 Å². The number of benzene rings is 1. The van der Waals surface area contributed by atoms with E-state index >= 15 is 0 Å². The van der Waals surface area contributed by atoms with Crippen molar-refractivity contribution in [2.45, 2.75) is 12.0 Å². The van der Waals surface area contributed by atoms with Crippen LogP contribution in [0, 0.1) is 0 Å². The SMILES string of the molecule is COc1ccc(NC(N)=NCC2(O)CCSC2)cc1.I. The van der Waals surface area contributed by atoms with Crippen molar-refractivity contribution in [2.75, 3.05) is 30.5 Å². The molecule has 0 saturated carbocycles. The van der Waals surface area contributed by atoms with Crippen LogP contribution in [-0.2, 0) is 0 Å². The third-order valence-corrected chi connectivity index (χ3v) is 4.22. The molecule has 2 rings (SSSR count). The van der Waals surface area contributed by atoms with Gasteiger partial charge in [-0.2, -0.15) is 11.8 Å². The third kappa shape index (κ3) is 5.02. The van der Waals surface area contributed by atoms with Crippen LogP contribution in [0.1, 0.15) is 6.42 Å². The zero-order valence-corrected chi connectivity index (χ0v) is 14.5. The highest BCUT2D eigenvalue weighted by Crippen LogP contribution is 2.27. The smallest absolute Gasteiger partial charge is 0.193 e. The molecule has 7 heteroatoms. The molecule has 1 aromatic carbocycles. The standard InChI is InChI=1S/C13H19N3O2S.HI/c1-18-11-4-2-10(3-5-11)16-12(14)15-8-13(17)6-7-19-9-13;/h2-5,17H,6-9H2,1H3,(H3,14,15,16);1H. The van der Waals surface area contributed by atoms with Crippen LogP contribution in [0.2, 0.25) is 0 Å². The van der Waals surface area contributed by atoms with E-state index in [-0.39, 0.29) is 24.0 Å². The van der Waals surface area contributed by atoms with Crippen LogP contribution in [0.15, 0.2) is 29.3 Å². The van der Waals surface area contributed by atoms with Crippen molar-refractivity contribution in [1.29, 1.82) is 0 Å². The van der Waals surface area contributed by atoms with E-state index in [4.69, 9.17) is 10.5 Å². The number of halogens is 1. The van der Waals surface area contributed by atoms with Gasteiger partial charge in [0.1, 0.15) is 5.75 Å². The minimum Gasteiger partial charge on any atom is -0.497 e. The molecule has 1 aliphatic rings. The van der Waals surface area contributed by atoms with Crippen LogP contribution in [-0.4, -0.2) is 41.8 Å². The lowest BCUT2D eigenvalue weighted by molar-refractivity contribution is 0.0780. The highest BCUT2D eigenvalue weighted by Gasteiger charge is 2.31. The maximum Gasteiger partial charge on any atom is 0.193 e. The number of aliphatic hydroxyl groups is 1. The van der Waals surface area contributed by atoms with Crippen LogP contribution < -0.4 is 15.8 Å². The highest BCUT2D eigenvalue weighted by atomic mass is 127. The van der Waals surface area contributed by atoms with Gasteiger partial charge in [0, 0.05) is 11.4 Å². The van der Waals surface area contributed by atoms with Crippen LogP contribution in [0.3, 0.4) is 0 Å². The maximum absolute atomic E-state index is 10.1. The van der Waals surface area contributed by atoms with Gasteiger partial charge in [0.2, 0.25) is 0 Å². The van der Waals surface area contributed by atoms with Crippen molar-refractivity contribution in [3.8, 4) is 5.75 Å². The van der Waals surface area contributed by atoms with Gasteiger partial charge in [-0.05, 0) is 36.4 Å². The van der Waals surface area contributed by atoms with E-state index in [2.05, 4.69) is 10.3 Å². The number of nitrogens with two attached hydrogens (primary N) is 1. The summed E-state index contributed by atoms with van der Waals surface area (Å²) in [5.41, 5.74) is 5.95. The first-order valence-electron chi connectivity index (χ1n) is 6.12. The molecule has 1 atom stereocenters. The summed E-state index contributed by atoms with van der Waals surface area (Å²) in [6.07, 6.45) is 0.775. The predicted octanol–water partition coefficient (Wildman–Crippen LogP) is 1.91. The lowest BCUT2D eigenvalue weighted by Crippen LogP contribution is -2.34. The molecule has 5 nitrogen and oxygen atoms in total. The number of rotatable bonds is 4. The summed E-state index contributed by atoms with van der Waals surface area (Å²) in [5.74, 6) is 2.82. The first-order chi connectivity index (χ1) is 9.11. The number of aliphatic imine (C=N–C) groups is 1. The maximum atomic E-state index is 10.1. The number of ether oxygens (including phenoxy) is 1. The Labute approximate surface area is 140 Å². The van der Waals surface area contributed by atoms with Gasteiger partial charge in [0.15, 0.2) is 5.96 Å². The Morgan fingerprint density at radius 3 is 2.75 bits per heavy atom. The molecule has 0 radical (unpaired) electrons. The second kappa shape index (κ2) is 7.94. The molecule has 0 spiro atoms. The van der Waals surface area contributed by atoms with Crippen molar-refractivity contribution in [1.82, 2.24) is 0 Å². The molecule has 112 valence electrons. The van der Waals surface area contributed by atoms with E-state index in [0.29, 0.717) is 12.5 Å². The third-order valence-electron chi connectivity index (χ3n) is 2.99. The molecular weight excluding hydrogens is 389 g/mol. The summed E-state index contributed by atoms with van der Waals surface area (Å²) in [5, 5.41) is 13.1. The zero-order chi connectivity index (χ0) is 13.7. The normalized spacial score (nSPS) is 22.2. The predicted molar refractivity (Wildman–Crippen MR) is 95.4 cm³/mol. The fourth-order valence-corrected chi connectivity index (χ4v) is 3.10. The monoisotopic (exact) mass is 409 g/mol. The Kier molecular flexibility index (Phi) is 6.90. The summed E-state index contributed by atoms with van der Waals surface area (Å²) < 4.78 is 5.08. The molecule has 1 unspecified atom stereocenters. The fourth-order valence-electron chi connectivity index (χ4n) is 1.82. The van der Waals surface area contributed by atoms with Gasteiger partial charge in [0.05, 0.1) is 19.3 Å². The van der Waals surface area contributed by atoms with Crippen molar-refractivity contribution in [3.05, 3.63) is 24.3 Å². The molecule has 4 N–H and O–H groups in total. The fraction of sp³-hybridized carbons (Fsp3) is 0.462. The molecule has 1 aromatic rings. The Bertz CT molecular complexity index is 447. The number of guanidine groups is 1. The molecular formula is C13H20IN3O2S. The lowest BCUT2D eigenvalue weighted by Gasteiger charge is -2.18. The van der Waals surface area contributed by atoms with Crippen LogP contribution in [0.5, 0.6) is 5.75 Å². The zero-order valence-electron chi connectivity index (χ0n) is 11.3. The molecule has 1 saturated heterocycles. The van der Waals surface area contributed by atoms with Gasteiger partial charge in [-0.3, -0.25) is 4.99 Å². The van der Waals surface area contributed by atoms with E-state index in [9.17, 15) is 5.11 Å². The van der Waals surface area contributed by atoms with E-state index in [0.717, 1.165) is 29.4 Å². The average molecular weight is 409 g/mol. The van der Waals surface area contributed by atoms with Crippen LogP contribution in [0.25, 0.3) is 0 Å². The number of anilines is 1. The molecule has 0 aromatic heterocycles. The summed E-state index contributed by atoms with van der Waals surface area (Å²) in [6.45, 7) is 0.342. The minimum atomic E-state index is -0.698. The number of nitrogens with one attached hydrogen (secondary N) is 1. The first-order valence-corrected chi connectivity index (χ1v) is 7.28. The van der Waals surface area contributed by atoms with E-state index in [1.54, 1.807) is 18.9 Å². The van der Waals surface area contributed by atoms with Crippen LogP contribution in [0.4, 0.5) is 5.69 Å². The number of hydrogen-bond donors (Lipinski definition) is 3. The molecule has 0 bridgehead atoms. The Hall–Kier alpha value is -0.670. The number of methoxy groups -OCH3 is 1. The second-order valence-electron chi connectivity index (χ2n) is 4.58. The molecule has 0 amide bonds. The molecule has 1 heterocycles. The average Bonchev–Trinajstić information content (AvgIpc) is 2.85. The second-order valence-corrected chi connectivity index (χ2v) is 5.69. The van der Waals surface area contributed by atoms with E-state index in [1.807, 2.05) is 24.3 Å². The topological polar surface area (TPSA) is 79.9 Å². The van der Waals surface area contributed by atoms with Crippen LogP contribution >= 0.6 is 35.7 Å². The van der Waals surface area contributed by atoms with Crippen molar-refractivity contribution < 1.29 is 9.84 Å². The van der Waals surface area contributed by atoms with Crippen molar-refractivity contribution in [2.24, 2.45) is 10.7 Å². The number of hydrogen-bond acceptors (Lipinski definition) is 4. The summed E-state index contributed by atoms with van der Waals surface area (Å²) in [4.78, 5) is 4.20. The first kappa shape index (κ1) is 17.4. The Morgan fingerprint density at radius 1 is 1.50 bits per heavy atom. The largest absolute Gasteiger partial charge is 0.497 e. The Balaban J connectivity index is 0.00000200. The molecule has 1 aliphatic heterocycles. The summed E-state index contributed by atoms with van der Waals surface area (Å²) >= 11 is 1.75. The summed E-state index contributed by atoms with van der Waals surface area (Å²) in [7, 11) is 1.62. The van der Waals surface area contributed by atoms with Crippen molar-refractivity contribution >= 4 is 47.4 Å². The number of nitrogens with zero attached hydrogens (tertiary/aromatic N) is 1. The number of thioether (sulfide) groups is 1. The van der Waals surface area contributed by atoms with Gasteiger partial charge < -0.3 is 20.9 Å². The summed E-state index contributed by atoms with van der Waals surface area (Å²) in [6, 6.07) is 7.41. The lowest BCUT2D eigenvalue weighted by atomic mass is 10.1. The van der Waals surface area contributed by atoms with Gasteiger partial charge in [0.25, 0.3) is 0 Å². The molecule has 0 aliphatic carbocycles. The van der Waals surface area contributed by atoms with E-state index in [1.165, 1.54) is 0 Å². The highest BCUT2D eigenvalue weighted by molar-refractivity contribution is 14.0.